The van der Waals surface area contributed by atoms with E-state index in [1.54, 1.807) is 14.2 Å². The number of carboxylic acids is 1. The number of aliphatic carboxylic acids is 1. The van der Waals surface area contributed by atoms with Crippen molar-refractivity contribution in [1.29, 1.82) is 0 Å². The van der Waals surface area contributed by atoms with E-state index in [4.69, 9.17) is 24.1 Å². The first-order chi connectivity index (χ1) is 20.9. The second kappa shape index (κ2) is 14.0. The van der Waals surface area contributed by atoms with Crippen LogP contribution in [0.4, 0.5) is 32.4 Å². The van der Waals surface area contributed by atoms with Crippen LogP contribution in [0.3, 0.4) is 0 Å². The smallest absolute Gasteiger partial charge is 0.490 e. The van der Waals surface area contributed by atoms with Gasteiger partial charge in [-0.3, -0.25) is 4.90 Å². The highest BCUT2D eigenvalue weighted by Gasteiger charge is 2.53. The number of benzene rings is 2. The number of hydrogen-bond acceptors (Lipinski definition) is 6. The van der Waals surface area contributed by atoms with E-state index in [0.29, 0.717) is 11.8 Å². The summed E-state index contributed by atoms with van der Waals surface area (Å²) in [6.07, 6.45) is 0.381. The maximum Gasteiger partial charge on any atom is 0.490 e. The molecule has 9 nitrogen and oxygen atoms in total. The van der Waals surface area contributed by atoms with Gasteiger partial charge in [-0.15, -0.1) is 0 Å². The topological polar surface area (TPSA) is 109 Å². The van der Waals surface area contributed by atoms with Crippen LogP contribution >= 0.6 is 0 Å². The molecule has 3 fully saturated rings. The molecule has 5 rings (SSSR count). The molecule has 1 aliphatic carbocycles. The Morgan fingerprint density at radius 2 is 1.68 bits per heavy atom. The molecule has 3 atom stereocenters. The van der Waals surface area contributed by atoms with Crippen molar-refractivity contribution in [3.05, 3.63) is 53.6 Å². The first-order valence-corrected chi connectivity index (χ1v) is 14.3. The molecular weight excluding hydrogens is 593 g/mol. The van der Waals surface area contributed by atoms with Gasteiger partial charge in [0.15, 0.2) is 11.5 Å². The van der Waals surface area contributed by atoms with Crippen molar-refractivity contribution >= 4 is 17.7 Å². The number of fused-ring (bicyclic) bond motifs is 1. The zero-order valence-corrected chi connectivity index (χ0v) is 24.4. The van der Waals surface area contributed by atoms with Crippen molar-refractivity contribution in [3.8, 4) is 11.5 Å². The maximum atomic E-state index is 14.1. The van der Waals surface area contributed by atoms with Crippen molar-refractivity contribution in [2.45, 2.75) is 68.2 Å². The molecule has 2 aromatic rings. The second-order valence-corrected chi connectivity index (χ2v) is 11.1. The summed E-state index contributed by atoms with van der Waals surface area (Å²) < 4.78 is 76.1. The number of alkyl halides is 3. The highest BCUT2D eigenvalue weighted by molar-refractivity contribution is 5.89. The molecule has 2 aliphatic heterocycles. The summed E-state index contributed by atoms with van der Waals surface area (Å²) in [6, 6.07) is 9.30. The number of nitrogens with one attached hydrogen (secondary N) is 2. The number of rotatable bonds is 6. The minimum absolute atomic E-state index is 0.0683. The fourth-order valence-corrected chi connectivity index (χ4v) is 6.59. The summed E-state index contributed by atoms with van der Waals surface area (Å²) in [5.41, 5.74) is 0.994. The Bertz CT molecular complexity index is 1320. The molecule has 2 saturated heterocycles. The number of carbonyl (C=O) groups excluding carboxylic acids is 1. The van der Waals surface area contributed by atoms with Gasteiger partial charge in [0.25, 0.3) is 0 Å². The lowest BCUT2D eigenvalue weighted by molar-refractivity contribution is -0.192. The molecule has 2 aromatic carbocycles. The molecule has 44 heavy (non-hydrogen) atoms. The first-order valence-electron chi connectivity index (χ1n) is 14.3. The van der Waals surface area contributed by atoms with Crippen LogP contribution in [0.2, 0.25) is 0 Å². The number of halogens is 5. The fourth-order valence-electron chi connectivity index (χ4n) is 6.59. The molecule has 3 N–H and O–H groups in total. The quantitative estimate of drug-likeness (QED) is 0.363. The Hall–Kier alpha value is -3.65. The number of amides is 2. The lowest BCUT2D eigenvalue weighted by Gasteiger charge is -2.47. The Morgan fingerprint density at radius 3 is 2.32 bits per heavy atom. The maximum absolute atomic E-state index is 14.1. The standard InChI is InChI=1S/C28H35F2N3O4.C2HF3O2/c1-35-24-6-3-18(15-25(24)36-2)28-10-7-20(31-27(34)32-23-16-19(29)4-5-22(23)30)17-26(28)33(12-11-28)21-8-13-37-14-9-21;3-2(4,5)1(6)7/h3-6,15-16,20-21,26H,7-14,17H2,1-2H3,(H2,31,32,34);(H,6,7)/t20-,26+,28+;/m1./s1. The zero-order valence-electron chi connectivity index (χ0n) is 24.4. The fraction of sp³-hybridized carbons (Fsp3) is 0.533. The number of carboxylic acid groups (broad SMARTS) is 1. The summed E-state index contributed by atoms with van der Waals surface area (Å²) in [4.78, 5) is 24.3. The molecule has 0 spiro atoms. The molecule has 0 unspecified atom stereocenters. The van der Waals surface area contributed by atoms with Gasteiger partial charge < -0.3 is 30.0 Å². The van der Waals surface area contributed by atoms with Gasteiger partial charge in [-0.25, -0.2) is 18.4 Å². The van der Waals surface area contributed by atoms with Crippen molar-refractivity contribution in [2.75, 3.05) is 39.3 Å². The lowest BCUT2D eigenvalue weighted by atomic mass is 9.65. The third kappa shape index (κ3) is 7.52. The number of nitrogens with zero attached hydrogens (tertiary/aromatic N) is 1. The number of ether oxygens (including phenoxy) is 3. The van der Waals surface area contributed by atoms with Crippen LogP contribution in [0.5, 0.6) is 11.5 Å². The number of urea groups is 1. The van der Waals surface area contributed by atoms with Crippen molar-refractivity contribution < 1.29 is 50.9 Å². The molecule has 1 saturated carbocycles. The number of hydrogen-bond donors (Lipinski definition) is 3. The Kier molecular flexibility index (Phi) is 10.6. The van der Waals surface area contributed by atoms with Gasteiger partial charge in [0.05, 0.1) is 19.9 Å². The number of methoxy groups -OCH3 is 2. The van der Waals surface area contributed by atoms with Crippen LogP contribution in [0.1, 0.15) is 44.1 Å². The predicted molar refractivity (Wildman–Crippen MR) is 150 cm³/mol. The predicted octanol–water partition coefficient (Wildman–Crippen LogP) is 5.48. The average molecular weight is 630 g/mol. The third-order valence-corrected chi connectivity index (χ3v) is 8.67. The number of carbonyl (C=O) groups is 2. The monoisotopic (exact) mass is 629 g/mol. The van der Waals surface area contributed by atoms with E-state index >= 15 is 0 Å². The molecule has 0 bridgehead atoms. The minimum atomic E-state index is -5.08. The van der Waals surface area contributed by atoms with E-state index in [1.807, 2.05) is 6.07 Å². The van der Waals surface area contributed by atoms with Crippen LogP contribution in [0, 0.1) is 11.6 Å². The van der Waals surface area contributed by atoms with E-state index in [0.717, 1.165) is 82.2 Å². The van der Waals surface area contributed by atoms with Gasteiger partial charge in [0.2, 0.25) is 0 Å². The van der Waals surface area contributed by atoms with E-state index in [9.17, 15) is 26.7 Å². The van der Waals surface area contributed by atoms with Crippen LogP contribution in [-0.2, 0) is 14.9 Å². The Labute approximate surface area is 251 Å². The first kappa shape index (κ1) is 33.2. The van der Waals surface area contributed by atoms with Gasteiger partial charge in [-0.1, -0.05) is 6.07 Å². The summed E-state index contributed by atoms with van der Waals surface area (Å²) in [6.45, 7) is 2.51. The summed E-state index contributed by atoms with van der Waals surface area (Å²) in [5, 5.41) is 12.6. The van der Waals surface area contributed by atoms with E-state index < -0.39 is 29.8 Å². The van der Waals surface area contributed by atoms with Crippen molar-refractivity contribution in [3.63, 3.8) is 0 Å². The zero-order chi connectivity index (χ0) is 32.1. The van der Waals surface area contributed by atoms with E-state index in [1.165, 1.54) is 5.56 Å². The minimum Gasteiger partial charge on any atom is -0.493 e. The summed E-state index contributed by atoms with van der Waals surface area (Å²) in [5.74, 6) is -2.61. The molecule has 2 amide bonds. The van der Waals surface area contributed by atoms with Gasteiger partial charge in [-0.2, -0.15) is 13.2 Å². The molecular formula is C30H36F5N3O6. The lowest BCUT2D eigenvalue weighted by Crippen LogP contribution is -2.55. The van der Waals surface area contributed by atoms with Gasteiger partial charge >= 0.3 is 18.2 Å². The van der Waals surface area contributed by atoms with Gasteiger partial charge in [-0.05, 0) is 74.9 Å². The van der Waals surface area contributed by atoms with Crippen LogP contribution in [0.25, 0.3) is 0 Å². The normalized spacial score (nSPS) is 24.0. The number of anilines is 1. The van der Waals surface area contributed by atoms with Gasteiger partial charge in [0.1, 0.15) is 11.6 Å². The van der Waals surface area contributed by atoms with E-state index in [-0.39, 0.29) is 23.2 Å². The molecule has 14 heteroatoms. The Morgan fingerprint density at radius 1 is 1.00 bits per heavy atom. The Balaban J connectivity index is 0.000000566. The molecule has 3 aliphatic rings. The number of likely N-dealkylation sites (tertiary alicyclic amines) is 1. The average Bonchev–Trinajstić information content (AvgIpc) is 3.39. The summed E-state index contributed by atoms with van der Waals surface area (Å²) >= 11 is 0. The third-order valence-electron chi connectivity index (χ3n) is 8.67. The molecule has 0 aromatic heterocycles. The summed E-state index contributed by atoms with van der Waals surface area (Å²) in [7, 11) is 3.29. The molecule has 0 radical (unpaired) electrons. The molecule has 2 heterocycles. The largest absolute Gasteiger partial charge is 0.493 e. The second-order valence-electron chi connectivity index (χ2n) is 11.1. The SMILES string of the molecule is COc1ccc([C@@]23CC[C@@H](NC(=O)Nc4cc(F)ccc4F)C[C@@H]2N(C2CCOCC2)CC3)cc1OC.O=C(O)C(F)(F)F. The van der Waals surface area contributed by atoms with Crippen LogP contribution in [-0.4, -0.2) is 80.3 Å². The van der Waals surface area contributed by atoms with Gasteiger partial charge in [0, 0.05) is 42.8 Å². The molecule has 242 valence electrons. The van der Waals surface area contributed by atoms with E-state index in [2.05, 4.69) is 27.7 Å². The van der Waals surface area contributed by atoms with Crippen molar-refractivity contribution in [1.82, 2.24) is 10.2 Å². The van der Waals surface area contributed by atoms with Crippen molar-refractivity contribution in [2.24, 2.45) is 0 Å². The van der Waals surface area contributed by atoms with Crippen LogP contribution in [0.15, 0.2) is 36.4 Å². The van der Waals surface area contributed by atoms with Crippen LogP contribution < -0.4 is 20.1 Å². The highest BCUT2D eigenvalue weighted by Crippen LogP contribution is 2.51. The highest BCUT2D eigenvalue weighted by atomic mass is 19.4.